The van der Waals surface area contributed by atoms with E-state index in [0.29, 0.717) is 0 Å². The summed E-state index contributed by atoms with van der Waals surface area (Å²) in [7, 11) is 0. The smallest absolute Gasteiger partial charge is 0.326 e. The highest BCUT2D eigenvalue weighted by molar-refractivity contribution is 8.01. The van der Waals surface area contributed by atoms with E-state index in [-0.39, 0.29) is 10.5 Å². The molecule has 0 bridgehead atoms. The molecule has 0 aromatic carbocycles. The summed E-state index contributed by atoms with van der Waals surface area (Å²) in [5, 5.41) is -0.402. The van der Waals surface area contributed by atoms with E-state index in [9.17, 15) is 9.59 Å². The Morgan fingerprint density at radius 2 is 1.60 bits per heavy atom. The summed E-state index contributed by atoms with van der Waals surface area (Å²) in [5.41, 5.74) is 0. The van der Waals surface area contributed by atoms with E-state index in [2.05, 4.69) is 4.74 Å². The summed E-state index contributed by atoms with van der Waals surface area (Å²) in [5.74, 6) is -0.846. The van der Waals surface area contributed by atoms with Crippen molar-refractivity contribution in [1.29, 1.82) is 0 Å². The number of thioether (sulfide) groups is 1. The second-order valence-corrected chi connectivity index (χ2v) is 3.85. The third-order valence-electron chi connectivity index (χ3n) is 1.27. The molecule has 0 unspecified atom stereocenters. The number of rotatable bonds is 0. The molecule has 56 valence electrons. The zero-order valence-corrected chi connectivity index (χ0v) is 6.60. The standard InChI is InChI=1S/C6H8O3S/c1-3-5(7)9-6(8)4(2)10-3/h3-4H,1-2H3/t3-,4-/m1/s1. The molecule has 0 aliphatic carbocycles. The Morgan fingerprint density at radius 1 is 1.20 bits per heavy atom. The molecule has 1 aliphatic heterocycles. The van der Waals surface area contributed by atoms with Crippen molar-refractivity contribution in [3.8, 4) is 0 Å². The molecule has 1 fully saturated rings. The first-order valence-electron chi connectivity index (χ1n) is 3.02. The predicted molar refractivity (Wildman–Crippen MR) is 37.6 cm³/mol. The average Bonchev–Trinajstić information content (AvgIpc) is 1.84. The van der Waals surface area contributed by atoms with Crippen LogP contribution in [0.3, 0.4) is 0 Å². The highest BCUT2D eigenvalue weighted by Crippen LogP contribution is 2.24. The molecule has 0 radical (unpaired) electrons. The van der Waals surface area contributed by atoms with Gasteiger partial charge in [0, 0.05) is 0 Å². The van der Waals surface area contributed by atoms with Crippen molar-refractivity contribution >= 4 is 23.7 Å². The van der Waals surface area contributed by atoms with Crippen molar-refractivity contribution in [2.24, 2.45) is 0 Å². The van der Waals surface area contributed by atoms with Crippen molar-refractivity contribution in [3.63, 3.8) is 0 Å². The highest BCUT2D eigenvalue weighted by Gasteiger charge is 2.31. The van der Waals surface area contributed by atoms with Crippen molar-refractivity contribution in [2.45, 2.75) is 24.3 Å². The number of hydrogen-bond acceptors (Lipinski definition) is 4. The molecule has 0 aromatic rings. The summed E-state index contributed by atoms with van der Waals surface area (Å²) < 4.78 is 4.41. The van der Waals surface area contributed by atoms with E-state index in [1.807, 2.05) is 0 Å². The fraction of sp³-hybridized carbons (Fsp3) is 0.667. The summed E-state index contributed by atoms with van der Waals surface area (Å²) >= 11 is 1.33. The van der Waals surface area contributed by atoms with Gasteiger partial charge in [0.15, 0.2) is 0 Å². The van der Waals surface area contributed by atoms with E-state index in [4.69, 9.17) is 0 Å². The molecule has 0 spiro atoms. The summed E-state index contributed by atoms with van der Waals surface area (Å²) in [6.07, 6.45) is 0. The quantitative estimate of drug-likeness (QED) is 0.384. The molecular formula is C6H8O3S. The van der Waals surface area contributed by atoms with E-state index in [1.165, 1.54) is 11.8 Å². The predicted octanol–water partition coefficient (Wildman–Crippen LogP) is 0.580. The Hall–Kier alpha value is -0.510. The van der Waals surface area contributed by atoms with Gasteiger partial charge in [-0.25, -0.2) is 0 Å². The van der Waals surface area contributed by atoms with Crippen molar-refractivity contribution < 1.29 is 14.3 Å². The summed E-state index contributed by atoms with van der Waals surface area (Å²) in [6.45, 7) is 3.46. The molecular weight excluding hydrogens is 152 g/mol. The van der Waals surface area contributed by atoms with Crippen molar-refractivity contribution in [2.75, 3.05) is 0 Å². The van der Waals surface area contributed by atoms with Gasteiger partial charge in [0.2, 0.25) is 0 Å². The van der Waals surface area contributed by atoms with Crippen LogP contribution in [0, 0.1) is 0 Å². The van der Waals surface area contributed by atoms with Gasteiger partial charge < -0.3 is 4.74 Å². The summed E-state index contributed by atoms with van der Waals surface area (Å²) in [4.78, 5) is 21.4. The molecule has 10 heavy (non-hydrogen) atoms. The van der Waals surface area contributed by atoms with Gasteiger partial charge in [-0.2, -0.15) is 0 Å². The Bertz CT molecular complexity index is 160. The number of carbonyl (C=O) groups excluding carboxylic acids is 2. The third-order valence-corrected chi connectivity index (χ3v) is 2.47. The first kappa shape index (κ1) is 7.60. The largest absolute Gasteiger partial charge is 0.392 e. The second kappa shape index (κ2) is 2.62. The van der Waals surface area contributed by atoms with Crippen LogP contribution >= 0.6 is 11.8 Å². The molecule has 0 N–H and O–H groups in total. The van der Waals surface area contributed by atoms with Crippen molar-refractivity contribution in [3.05, 3.63) is 0 Å². The van der Waals surface area contributed by atoms with Gasteiger partial charge in [0.05, 0.1) is 0 Å². The Morgan fingerprint density at radius 3 is 1.90 bits per heavy atom. The third kappa shape index (κ3) is 1.31. The first-order chi connectivity index (χ1) is 4.61. The van der Waals surface area contributed by atoms with Crippen LogP contribution in [0.15, 0.2) is 0 Å². The number of ether oxygens (including phenoxy) is 1. The lowest BCUT2D eigenvalue weighted by atomic mass is 10.4. The second-order valence-electron chi connectivity index (χ2n) is 2.16. The number of hydrogen-bond donors (Lipinski definition) is 0. The van der Waals surface area contributed by atoms with E-state index in [1.54, 1.807) is 13.8 Å². The number of carbonyl (C=O) groups is 2. The minimum Gasteiger partial charge on any atom is -0.392 e. The van der Waals surface area contributed by atoms with Crippen LogP contribution in [0.1, 0.15) is 13.8 Å². The maximum absolute atomic E-state index is 10.7. The molecule has 0 amide bonds. The van der Waals surface area contributed by atoms with Gasteiger partial charge in [-0.15, -0.1) is 11.8 Å². The topological polar surface area (TPSA) is 43.4 Å². The first-order valence-corrected chi connectivity index (χ1v) is 3.96. The molecule has 0 saturated carbocycles. The van der Waals surface area contributed by atoms with Gasteiger partial charge in [-0.3, -0.25) is 9.59 Å². The maximum atomic E-state index is 10.7. The highest BCUT2D eigenvalue weighted by atomic mass is 32.2. The van der Waals surface area contributed by atoms with Crippen LogP contribution < -0.4 is 0 Å². The monoisotopic (exact) mass is 160 g/mol. The van der Waals surface area contributed by atoms with Crippen LogP contribution in [0.2, 0.25) is 0 Å². The van der Waals surface area contributed by atoms with E-state index in [0.717, 1.165) is 0 Å². The zero-order chi connectivity index (χ0) is 7.72. The molecule has 0 aromatic heterocycles. The lowest BCUT2D eigenvalue weighted by Crippen LogP contribution is -2.33. The zero-order valence-electron chi connectivity index (χ0n) is 5.79. The lowest BCUT2D eigenvalue weighted by molar-refractivity contribution is -0.159. The van der Waals surface area contributed by atoms with Crippen molar-refractivity contribution in [1.82, 2.24) is 0 Å². The van der Waals surface area contributed by atoms with Gasteiger partial charge in [0.1, 0.15) is 10.5 Å². The van der Waals surface area contributed by atoms with Crippen LogP contribution in [0.25, 0.3) is 0 Å². The van der Waals surface area contributed by atoms with Gasteiger partial charge >= 0.3 is 11.9 Å². The fourth-order valence-corrected chi connectivity index (χ4v) is 1.61. The van der Waals surface area contributed by atoms with Crippen LogP contribution in [0.4, 0.5) is 0 Å². The SMILES string of the molecule is C[C@H]1S[C@H](C)C(=O)OC1=O. The molecule has 3 nitrogen and oxygen atoms in total. The number of cyclic esters (lactones) is 2. The van der Waals surface area contributed by atoms with Crippen LogP contribution in [-0.4, -0.2) is 22.4 Å². The maximum Gasteiger partial charge on any atom is 0.326 e. The number of esters is 2. The Kier molecular flexibility index (Phi) is 1.99. The Labute approximate surface area is 63.1 Å². The lowest BCUT2D eigenvalue weighted by Gasteiger charge is -2.20. The summed E-state index contributed by atoms with van der Waals surface area (Å²) in [6, 6.07) is 0. The minimum atomic E-state index is -0.423. The van der Waals surface area contributed by atoms with E-state index >= 15 is 0 Å². The van der Waals surface area contributed by atoms with Gasteiger partial charge in [-0.05, 0) is 13.8 Å². The fourth-order valence-electron chi connectivity index (χ4n) is 0.682. The Balaban J connectivity index is 2.63. The minimum absolute atomic E-state index is 0.201. The van der Waals surface area contributed by atoms with Gasteiger partial charge in [0.25, 0.3) is 0 Å². The van der Waals surface area contributed by atoms with Gasteiger partial charge in [-0.1, -0.05) is 0 Å². The average molecular weight is 160 g/mol. The molecule has 1 aliphatic rings. The van der Waals surface area contributed by atoms with Crippen LogP contribution in [0.5, 0.6) is 0 Å². The normalized spacial score (nSPS) is 33.8. The molecule has 2 atom stereocenters. The molecule has 1 saturated heterocycles. The molecule has 1 heterocycles. The van der Waals surface area contributed by atoms with Crippen LogP contribution in [-0.2, 0) is 14.3 Å². The molecule has 4 heteroatoms. The van der Waals surface area contributed by atoms with E-state index < -0.39 is 11.9 Å². The molecule has 1 rings (SSSR count).